The number of benzene rings is 3. The van der Waals surface area contributed by atoms with Gasteiger partial charge in [-0.3, -0.25) is 19.1 Å². The lowest BCUT2D eigenvalue weighted by atomic mass is 10.1. The zero-order valence-electron chi connectivity index (χ0n) is 36.6. The maximum absolute atomic E-state index is 14.1. The molecule has 0 spiro atoms. The predicted octanol–water partition coefficient (Wildman–Crippen LogP) is 5.92. The molecule has 0 bridgehead atoms. The van der Waals surface area contributed by atoms with Gasteiger partial charge >= 0.3 is 0 Å². The number of carbonyl (C=O) groups excluding carboxylic acids is 3. The van der Waals surface area contributed by atoms with Gasteiger partial charge in [0, 0.05) is 45.5 Å². The average molecular weight is 838 g/mol. The number of allylic oxidation sites excluding steroid dienone is 2. The molecule has 16 nitrogen and oxygen atoms in total. The highest BCUT2D eigenvalue weighted by Gasteiger charge is 2.22. The molecular formula is C46H51N11O5. The normalized spacial score (nSPS) is 12.7. The van der Waals surface area contributed by atoms with Gasteiger partial charge in [0.2, 0.25) is 17.1 Å². The number of aryl methyl sites for hydroxylation is 6. The summed E-state index contributed by atoms with van der Waals surface area (Å²) in [6.07, 6.45) is 1.48. The third-order valence-corrected chi connectivity index (χ3v) is 11.0. The monoisotopic (exact) mass is 837 g/mol. The van der Waals surface area contributed by atoms with Crippen molar-refractivity contribution in [1.82, 2.24) is 37.8 Å². The van der Waals surface area contributed by atoms with E-state index in [0.717, 1.165) is 33.3 Å². The van der Waals surface area contributed by atoms with E-state index in [-0.39, 0.29) is 18.7 Å². The number of nitrogens with zero attached hydrogens (tertiary/aromatic N) is 10. The van der Waals surface area contributed by atoms with Gasteiger partial charge < -0.3 is 33.5 Å². The highest BCUT2D eigenvalue weighted by molar-refractivity contribution is 5.99. The number of ether oxygens (including phenoxy) is 2. The van der Waals surface area contributed by atoms with Gasteiger partial charge in [0.25, 0.3) is 11.8 Å². The van der Waals surface area contributed by atoms with Crippen LogP contribution in [-0.4, -0.2) is 62.7 Å². The molecule has 0 saturated heterocycles. The van der Waals surface area contributed by atoms with Gasteiger partial charge in [-0.15, -0.1) is 0 Å². The fourth-order valence-electron chi connectivity index (χ4n) is 7.56. The first-order valence-corrected chi connectivity index (χ1v) is 20.1. The molecular weight excluding hydrogens is 787 g/mol. The Morgan fingerprint density at radius 2 is 1.39 bits per heavy atom. The first-order valence-electron chi connectivity index (χ1n) is 20.1. The minimum Gasteiger partial charge on any atom is -0.497 e. The number of methoxy groups -OCH3 is 1. The van der Waals surface area contributed by atoms with Gasteiger partial charge in [-0.2, -0.15) is 20.2 Å². The quantitative estimate of drug-likeness (QED) is 0.140. The molecule has 3 amide bonds. The van der Waals surface area contributed by atoms with Crippen molar-refractivity contribution < 1.29 is 23.9 Å². The minimum absolute atomic E-state index is 0.166. The molecule has 62 heavy (non-hydrogen) atoms. The third kappa shape index (κ3) is 8.18. The van der Waals surface area contributed by atoms with Crippen molar-refractivity contribution in [2.75, 3.05) is 7.11 Å². The van der Waals surface area contributed by atoms with E-state index in [1.807, 2.05) is 98.7 Å². The number of rotatable bonds is 13. The third-order valence-electron chi connectivity index (χ3n) is 11.0. The molecule has 16 heteroatoms. The lowest BCUT2D eigenvalue weighted by Crippen LogP contribution is -2.28. The molecule has 0 aliphatic rings. The van der Waals surface area contributed by atoms with Gasteiger partial charge in [0.1, 0.15) is 35.0 Å². The lowest BCUT2D eigenvalue weighted by Gasteiger charge is -2.15. The number of nitrogens with two attached hydrogens (primary N) is 1. The molecule has 0 atom stereocenters. The Labute approximate surface area is 358 Å². The van der Waals surface area contributed by atoms with E-state index < -0.39 is 17.7 Å². The molecule has 0 aliphatic heterocycles. The van der Waals surface area contributed by atoms with Gasteiger partial charge in [-0.1, -0.05) is 35.9 Å². The number of aromatic nitrogens is 8. The van der Waals surface area contributed by atoms with Gasteiger partial charge in [0.05, 0.1) is 35.0 Å². The van der Waals surface area contributed by atoms with E-state index in [9.17, 15) is 14.4 Å². The largest absolute Gasteiger partial charge is 0.497 e. The van der Waals surface area contributed by atoms with Crippen LogP contribution in [0.1, 0.15) is 74.6 Å². The van der Waals surface area contributed by atoms with E-state index in [0.29, 0.717) is 69.6 Å². The molecule has 0 radical (unpaired) electrons. The zero-order valence-corrected chi connectivity index (χ0v) is 36.6. The summed E-state index contributed by atoms with van der Waals surface area (Å²) >= 11 is 0. The van der Waals surface area contributed by atoms with Crippen LogP contribution in [0.5, 0.6) is 11.5 Å². The van der Waals surface area contributed by atoms with Crippen molar-refractivity contribution in [2.24, 2.45) is 29.8 Å². The molecule has 0 saturated carbocycles. The summed E-state index contributed by atoms with van der Waals surface area (Å²) in [5.74, 6) is -0.487. The molecule has 4 aromatic heterocycles. The number of primary amides is 1. The number of imidazole rings is 2. The summed E-state index contributed by atoms with van der Waals surface area (Å²) in [7, 11) is 5.28. The van der Waals surface area contributed by atoms with Crippen LogP contribution in [0.3, 0.4) is 0 Å². The summed E-state index contributed by atoms with van der Waals surface area (Å²) in [6.45, 7) is 16.7. The standard InChI is InChI=1S/C46H51N11O5/c1-11-56-38(20-30(6)50-56)43(59)48-45-52(8)36-19-27(3)13-18-35(36)54(45)24-28(4)29(5)25-55-41-37(53(9)46(55)49-44(60)39-21-31(7)51-57(39)12-2)22-33(42(47)58)23-40(41)62-26-32-14-16-34(61-10)17-15-32/h11,13-23H,1,12,24-26H2,2-10H3,(H2,47,58)/b29-28+,48-45+,49-46+. The van der Waals surface area contributed by atoms with E-state index in [1.54, 1.807) is 47.7 Å². The Morgan fingerprint density at radius 3 is 2.03 bits per heavy atom. The molecule has 7 aromatic rings. The number of hydrogen-bond donors (Lipinski definition) is 1. The topological polar surface area (TPSA) is 176 Å². The van der Waals surface area contributed by atoms with Crippen LogP contribution in [0.2, 0.25) is 0 Å². The second-order valence-electron chi connectivity index (χ2n) is 15.4. The maximum Gasteiger partial charge on any atom is 0.298 e. The summed E-state index contributed by atoms with van der Waals surface area (Å²) in [6, 6.07) is 20.3. The van der Waals surface area contributed by atoms with E-state index >= 15 is 0 Å². The van der Waals surface area contributed by atoms with E-state index in [1.165, 1.54) is 10.9 Å². The van der Waals surface area contributed by atoms with Crippen molar-refractivity contribution in [2.45, 2.75) is 67.8 Å². The first kappa shape index (κ1) is 42.6. The van der Waals surface area contributed by atoms with E-state index in [4.69, 9.17) is 20.2 Å². The molecule has 0 unspecified atom stereocenters. The molecule has 7 rings (SSSR count). The van der Waals surface area contributed by atoms with Crippen molar-refractivity contribution in [1.29, 1.82) is 0 Å². The van der Waals surface area contributed by atoms with Crippen LogP contribution >= 0.6 is 0 Å². The zero-order chi connectivity index (χ0) is 44.6. The van der Waals surface area contributed by atoms with Gasteiger partial charge in [-0.05, 0) is 101 Å². The van der Waals surface area contributed by atoms with Gasteiger partial charge in [0.15, 0.2) is 0 Å². The lowest BCUT2D eigenvalue weighted by molar-refractivity contribution is 0.0979. The Balaban J connectivity index is 1.40. The highest BCUT2D eigenvalue weighted by atomic mass is 16.5. The van der Waals surface area contributed by atoms with Crippen molar-refractivity contribution >= 4 is 46.0 Å². The second-order valence-corrected chi connectivity index (χ2v) is 15.4. The second kappa shape index (κ2) is 17.2. The Hall–Kier alpha value is -7.49. The first-order chi connectivity index (χ1) is 29.6. The molecule has 4 heterocycles. The molecule has 3 aromatic carbocycles. The number of carbonyl (C=O) groups is 3. The SMILES string of the molecule is C=Cn1nc(C)cc1C(=O)/N=c1\n(C)c2cc(C)ccc2n1C/C(C)=C(\C)Cn1/c(=N/C(=O)c2cc(C)nn2CC)n(C)c2cc(C(N)=O)cc(OCc3ccc(OC)cc3)c21. The van der Waals surface area contributed by atoms with Gasteiger partial charge in [-0.25, -0.2) is 4.68 Å². The summed E-state index contributed by atoms with van der Waals surface area (Å²) < 4.78 is 22.5. The summed E-state index contributed by atoms with van der Waals surface area (Å²) in [5.41, 5.74) is 15.7. The summed E-state index contributed by atoms with van der Waals surface area (Å²) in [5, 5.41) is 8.83. The fourth-order valence-corrected chi connectivity index (χ4v) is 7.56. The number of fused-ring (bicyclic) bond motifs is 2. The molecule has 320 valence electrons. The highest BCUT2D eigenvalue weighted by Crippen LogP contribution is 2.30. The summed E-state index contributed by atoms with van der Waals surface area (Å²) in [4.78, 5) is 50.0. The molecule has 0 fully saturated rings. The van der Waals surface area contributed by atoms with Crippen molar-refractivity contribution in [3.63, 3.8) is 0 Å². The Kier molecular flexibility index (Phi) is 11.9. The molecule has 2 N–H and O–H groups in total. The molecule has 0 aliphatic carbocycles. The van der Waals surface area contributed by atoms with Crippen LogP contribution in [0, 0.1) is 20.8 Å². The maximum atomic E-state index is 14.1. The minimum atomic E-state index is -0.635. The Morgan fingerprint density at radius 1 is 0.774 bits per heavy atom. The smallest absolute Gasteiger partial charge is 0.298 e. The average Bonchev–Trinajstić information content (AvgIpc) is 3.98. The van der Waals surface area contributed by atoms with Crippen LogP contribution in [0.25, 0.3) is 28.3 Å². The van der Waals surface area contributed by atoms with Crippen LogP contribution in [0.4, 0.5) is 0 Å². The van der Waals surface area contributed by atoms with Crippen LogP contribution in [0.15, 0.2) is 94.4 Å². The van der Waals surface area contributed by atoms with Crippen molar-refractivity contribution in [3.8, 4) is 11.5 Å². The van der Waals surface area contributed by atoms with Crippen molar-refractivity contribution in [3.05, 3.63) is 135 Å². The van der Waals surface area contributed by atoms with Crippen LogP contribution < -0.4 is 26.4 Å². The number of hydrogen-bond acceptors (Lipinski definition) is 7. The fraction of sp³-hybridized carbons (Fsp3) is 0.283. The predicted molar refractivity (Wildman–Crippen MR) is 237 cm³/mol. The van der Waals surface area contributed by atoms with Crippen LogP contribution in [-0.2, 0) is 40.3 Å². The van der Waals surface area contributed by atoms with E-state index in [2.05, 4.69) is 27.8 Å². The Bertz CT molecular complexity index is 3110. The number of amides is 3.